The molecule has 15 heavy (non-hydrogen) atoms. The second-order valence-corrected chi connectivity index (χ2v) is 6.27. The molecule has 0 bridgehead atoms. The van der Waals surface area contributed by atoms with Gasteiger partial charge in [0.1, 0.15) is 0 Å². The van der Waals surface area contributed by atoms with Gasteiger partial charge in [-0.2, -0.15) is 0 Å². The molecule has 1 aliphatic carbocycles. The first-order chi connectivity index (χ1) is 6.97. The molecule has 6 heteroatoms. The fraction of sp³-hybridized carbons (Fsp3) is 0.889. The maximum atomic E-state index is 11.7. The van der Waals surface area contributed by atoms with Crippen molar-refractivity contribution in [3.63, 3.8) is 0 Å². The van der Waals surface area contributed by atoms with E-state index in [0.29, 0.717) is 0 Å². The van der Waals surface area contributed by atoms with E-state index in [-0.39, 0.29) is 18.2 Å². The minimum Gasteiger partial charge on any atom is -0.480 e. The molecule has 0 spiro atoms. The van der Waals surface area contributed by atoms with Gasteiger partial charge in [-0.15, -0.1) is 0 Å². The van der Waals surface area contributed by atoms with Crippen molar-refractivity contribution in [3.05, 3.63) is 0 Å². The van der Waals surface area contributed by atoms with Crippen molar-refractivity contribution >= 4 is 15.8 Å². The van der Waals surface area contributed by atoms with E-state index >= 15 is 0 Å². The van der Waals surface area contributed by atoms with Crippen molar-refractivity contribution in [1.82, 2.24) is 0 Å². The van der Waals surface area contributed by atoms with Crippen molar-refractivity contribution < 1.29 is 18.3 Å². The van der Waals surface area contributed by atoms with Gasteiger partial charge in [0.25, 0.3) is 0 Å². The second kappa shape index (κ2) is 4.94. The smallest absolute Gasteiger partial charge is 0.323 e. The molecule has 0 aliphatic heterocycles. The third-order valence-corrected chi connectivity index (χ3v) is 5.06. The number of aliphatic carboxylic acids is 1. The van der Waals surface area contributed by atoms with E-state index in [1.165, 1.54) is 0 Å². The van der Waals surface area contributed by atoms with Crippen LogP contribution in [-0.4, -0.2) is 37.0 Å². The maximum Gasteiger partial charge on any atom is 0.323 e. The van der Waals surface area contributed by atoms with Crippen LogP contribution in [0, 0.1) is 5.92 Å². The van der Waals surface area contributed by atoms with Crippen LogP contribution < -0.4 is 5.73 Å². The molecule has 1 atom stereocenters. The summed E-state index contributed by atoms with van der Waals surface area (Å²) in [6.45, 7) is -0.343. The van der Waals surface area contributed by atoms with Gasteiger partial charge in [-0.25, -0.2) is 8.42 Å². The molecule has 3 N–H and O–H groups in total. The minimum absolute atomic E-state index is 0.0266. The molecule has 1 rings (SSSR count). The normalized spacial score (nSPS) is 20.3. The Morgan fingerprint density at radius 3 is 2.33 bits per heavy atom. The fourth-order valence-electron chi connectivity index (χ4n) is 2.02. The van der Waals surface area contributed by atoms with E-state index in [1.807, 2.05) is 0 Å². The van der Waals surface area contributed by atoms with Crippen molar-refractivity contribution in [2.75, 3.05) is 12.3 Å². The first-order valence-electron chi connectivity index (χ1n) is 5.12. The SMILES string of the molecule is NCC(C(=O)O)S(=O)(=O)CC1CCCC1. The number of hydrogen-bond acceptors (Lipinski definition) is 4. The molecule has 0 aromatic carbocycles. The molecule has 0 radical (unpaired) electrons. The Balaban J connectivity index is 2.67. The van der Waals surface area contributed by atoms with E-state index in [1.54, 1.807) is 0 Å². The Kier molecular flexibility index (Phi) is 4.10. The van der Waals surface area contributed by atoms with E-state index in [4.69, 9.17) is 10.8 Å². The van der Waals surface area contributed by atoms with Crippen LogP contribution >= 0.6 is 0 Å². The standard InChI is InChI=1S/C9H17NO4S/c10-5-8(9(11)12)15(13,14)6-7-3-1-2-4-7/h7-8H,1-6,10H2,(H,11,12). The quantitative estimate of drug-likeness (QED) is 0.699. The first-order valence-corrected chi connectivity index (χ1v) is 6.83. The Morgan fingerprint density at radius 2 is 1.93 bits per heavy atom. The summed E-state index contributed by atoms with van der Waals surface area (Å²) < 4.78 is 23.4. The summed E-state index contributed by atoms with van der Waals surface area (Å²) in [5.41, 5.74) is 5.17. The third kappa shape index (κ3) is 3.17. The summed E-state index contributed by atoms with van der Waals surface area (Å²) in [6.07, 6.45) is 3.85. The lowest BCUT2D eigenvalue weighted by atomic mass is 10.1. The van der Waals surface area contributed by atoms with E-state index in [9.17, 15) is 13.2 Å². The Hall–Kier alpha value is -0.620. The number of sulfone groups is 1. The lowest BCUT2D eigenvalue weighted by molar-refractivity contribution is -0.136. The highest BCUT2D eigenvalue weighted by Crippen LogP contribution is 2.26. The fourth-order valence-corrected chi connectivity index (χ4v) is 3.85. The van der Waals surface area contributed by atoms with Gasteiger partial charge >= 0.3 is 5.97 Å². The van der Waals surface area contributed by atoms with Crippen LogP contribution in [-0.2, 0) is 14.6 Å². The molecule has 5 nitrogen and oxygen atoms in total. The minimum atomic E-state index is -3.58. The van der Waals surface area contributed by atoms with Crippen molar-refractivity contribution in [3.8, 4) is 0 Å². The summed E-state index contributed by atoms with van der Waals surface area (Å²) in [5.74, 6) is -1.24. The number of carboxylic acids is 1. The highest BCUT2D eigenvalue weighted by atomic mass is 32.2. The lowest BCUT2D eigenvalue weighted by Gasteiger charge is -2.14. The maximum absolute atomic E-state index is 11.7. The van der Waals surface area contributed by atoms with Gasteiger partial charge in [-0.1, -0.05) is 12.8 Å². The average molecular weight is 235 g/mol. The number of nitrogens with two attached hydrogens (primary N) is 1. The Morgan fingerprint density at radius 1 is 1.40 bits per heavy atom. The summed E-state index contributed by atoms with van der Waals surface area (Å²) in [7, 11) is -3.58. The summed E-state index contributed by atoms with van der Waals surface area (Å²) in [6, 6.07) is 0. The average Bonchev–Trinajstić information content (AvgIpc) is 2.55. The summed E-state index contributed by atoms with van der Waals surface area (Å²) in [4.78, 5) is 10.7. The molecule has 88 valence electrons. The first kappa shape index (κ1) is 12.4. The molecule has 1 saturated carbocycles. The molecular weight excluding hydrogens is 218 g/mol. The van der Waals surface area contributed by atoms with Crippen LogP contribution in [0.1, 0.15) is 25.7 Å². The molecule has 0 aromatic rings. The van der Waals surface area contributed by atoms with Crippen molar-refractivity contribution in [2.45, 2.75) is 30.9 Å². The zero-order chi connectivity index (χ0) is 11.5. The van der Waals surface area contributed by atoms with Crippen LogP contribution in [0.5, 0.6) is 0 Å². The van der Waals surface area contributed by atoms with Gasteiger partial charge < -0.3 is 10.8 Å². The molecule has 0 aromatic heterocycles. The van der Waals surface area contributed by atoms with Gasteiger partial charge in [0.05, 0.1) is 5.75 Å². The number of rotatable bonds is 5. The van der Waals surface area contributed by atoms with Crippen LogP contribution in [0.25, 0.3) is 0 Å². The van der Waals surface area contributed by atoms with Crippen LogP contribution in [0.15, 0.2) is 0 Å². The van der Waals surface area contributed by atoms with Crippen molar-refractivity contribution in [1.29, 1.82) is 0 Å². The Labute approximate surface area is 89.6 Å². The molecule has 0 amide bonds. The van der Waals surface area contributed by atoms with E-state index in [2.05, 4.69) is 0 Å². The number of hydrogen-bond donors (Lipinski definition) is 2. The van der Waals surface area contributed by atoms with Gasteiger partial charge in [0, 0.05) is 6.54 Å². The lowest BCUT2D eigenvalue weighted by Crippen LogP contribution is -2.39. The largest absolute Gasteiger partial charge is 0.480 e. The highest BCUT2D eigenvalue weighted by Gasteiger charge is 2.33. The van der Waals surface area contributed by atoms with Crippen LogP contribution in [0.4, 0.5) is 0 Å². The molecule has 0 saturated heterocycles. The number of carbonyl (C=O) groups is 1. The van der Waals surface area contributed by atoms with Gasteiger partial charge in [0.2, 0.25) is 0 Å². The molecule has 0 heterocycles. The second-order valence-electron chi connectivity index (χ2n) is 4.04. The topological polar surface area (TPSA) is 97.5 Å². The van der Waals surface area contributed by atoms with E-state index in [0.717, 1.165) is 25.7 Å². The Bertz CT molecular complexity index is 319. The van der Waals surface area contributed by atoms with Gasteiger partial charge in [-0.3, -0.25) is 4.79 Å². The van der Waals surface area contributed by atoms with Gasteiger partial charge in [0.15, 0.2) is 15.1 Å². The predicted molar refractivity (Wildman–Crippen MR) is 56.2 cm³/mol. The molecule has 1 aliphatic rings. The monoisotopic (exact) mass is 235 g/mol. The molecule has 1 fully saturated rings. The number of carboxylic acid groups (broad SMARTS) is 1. The zero-order valence-electron chi connectivity index (χ0n) is 8.55. The van der Waals surface area contributed by atoms with Gasteiger partial charge in [-0.05, 0) is 18.8 Å². The highest BCUT2D eigenvalue weighted by molar-refractivity contribution is 7.92. The van der Waals surface area contributed by atoms with E-state index < -0.39 is 21.1 Å². The summed E-state index contributed by atoms with van der Waals surface area (Å²) >= 11 is 0. The predicted octanol–water partition coefficient (Wildman–Crippen LogP) is 0.00330. The third-order valence-electron chi connectivity index (χ3n) is 2.87. The summed E-state index contributed by atoms with van der Waals surface area (Å²) in [5, 5.41) is 7.29. The molecular formula is C9H17NO4S. The molecule has 1 unspecified atom stereocenters. The van der Waals surface area contributed by atoms with Crippen molar-refractivity contribution in [2.24, 2.45) is 11.7 Å². The van der Waals surface area contributed by atoms with Crippen LogP contribution in [0.3, 0.4) is 0 Å². The zero-order valence-corrected chi connectivity index (χ0v) is 9.37. The van der Waals surface area contributed by atoms with Crippen LogP contribution in [0.2, 0.25) is 0 Å².